The van der Waals surface area contributed by atoms with Gasteiger partial charge in [-0.1, -0.05) is 18.2 Å². The Hall–Kier alpha value is -3.68. The quantitative estimate of drug-likeness (QED) is 0.687. The van der Waals surface area contributed by atoms with Gasteiger partial charge in [-0.3, -0.25) is 9.59 Å². The average Bonchev–Trinajstić information content (AvgIpc) is 3.15. The third-order valence-corrected chi connectivity index (χ3v) is 4.78. The number of rotatable bonds is 6. The Balaban J connectivity index is 1.88. The number of benzene rings is 2. The molecule has 29 heavy (non-hydrogen) atoms. The molecule has 1 unspecified atom stereocenters. The van der Waals surface area contributed by atoms with Crippen molar-refractivity contribution in [2.24, 2.45) is 5.92 Å². The Bertz CT molecular complexity index is 1030. The number of halogens is 1. The molecule has 0 spiro atoms. The zero-order valence-electron chi connectivity index (χ0n) is 15.4. The van der Waals surface area contributed by atoms with Gasteiger partial charge in [0, 0.05) is 11.1 Å². The lowest BCUT2D eigenvalue weighted by Gasteiger charge is -2.13. The molecule has 0 saturated carbocycles. The number of nitrogens with one attached hydrogen (secondary N) is 1. The fraction of sp³-hybridized carbons (Fsp3) is 0.190. The summed E-state index contributed by atoms with van der Waals surface area (Å²) in [5, 5.41) is 20.8. The van der Waals surface area contributed by atoms with Crippen LogP contribution < -0.4 is 10.1 Å². The molecule has 150 valence electrons. The van der Waals surface area contributed by atoms with Gasteiger partial charge in [-0.05, 0) is 48.2 Å². The first-order valence-corrected chi connectivity index (χ1v) is 8.76. The molecule has 0 heterocycles. The van der Waals surface area contributed by atoms with E-state index in [4.69, 9.17) is 4.74 Å². The normalized spacial score (nSPS) is 15.9. The highest BCUT2D eigenvalue weighted by Crippen LogP contribution is 2.34. The number of carbonyl (C=O) groups is 3. The Labute approximate surface area is 165 Å². The minimum absolute atomic E-state index is 0.0109. The van der Waals surface area contributed by atoms with Gasteiger partial charge in [0.05, 0.1) is 18.7 Å². The van der Waals surface area contributed by atoms with Gasteiger partial charge in [-0.15, -0.1) is 0 Å². The molecule has 0 bridgehead atoms. The van der Waals surface area contributed by atoms with Crippen LogP contribution in [0.4, 0.5) is 10.1 Å². The number of hydrogen-bond acceptors (Lipinski definition) is 4. The van der Waals surface area contributed by atoms with Crippen LogP contribution in [0.2, 0.25) is 0 Å². The Morgan fingerprint density at radius 1 is 1.10 bits per heavy atom. The third-order valence-electron chi connectivity index (χ3n) is 4.78. The summed E-state index contributed by atoms with van der Waals surface area (Å²) in [5.41, 5.74) is 0.479. The molecule has 8 heteroatoms. The van der Waals surface area contributed by atoms with Crippen LogP contribution in [0.25, 0.3) is 11.1 Å². The molecular formula is C21H18FNO6. The van der Waals surface area contributed by atoms with Crippen LogP contribution in [0, 0.1) is 11.7 Å². The van der Waals surface area contributed by atoms with Crippen LogP contribution in [0.15, 0.2) is 53.6 Å². The largest absolute Gasteiger partial charge is 0.497 e. The van der Waals surface area contributed by atoms with Crippen molar-refractivity contribution in [2.45, 2.75) is 12.8 Å². The van der Waals surface area contributed by atoms with E-state index in [1.807, 2.05) is 0 Å². The van der Waals surface area contributed by atoms with Crippen LogP contribution in [0.1, 0.15) is 12.8 Å². The smallest absolute Gasteiger partial charge is 0.332 e. The van der Waals surface area contributed by atoms with Crippen LogP contribution in [0.3, 0.4) is 0 Å². The van der Waals surface area contributed by atoms with Gasteiger partial charge in [-0.25, -0.2) is 9.18 Å². The van der Waals surface area contributed by atoms with E-state index in [0.29, 0.717) is 16.9 Å². The first-order chi connectivity index (χ1) is 13.8. The van der Waals surface area contributed by atoms with Crippen molar-refractivity contribution >= 4 is 23.5 Å². The zero-order valence-corrected chi connectivity index (χ0v) is 15.4. The summed E-state index contributed by atoms with van der Waals surface area (Å²) < 4.78 is 19.7. The van der Waals surface area contributed by atoms with Crippen molar-refractivity contribution in [2.75, 3.05) is 12.4 Å². The number of ether oxygens (including phenoxy) is 1. The van der Waals surface area contributed by atoms with Gasteiger partial charge in [0.2, 0.25) is 0 Å². The second-order valence-electron chi connectivity index (χ2n) is 6.51. The Morgan fingerprint density at radius 3 is 2.45 bits per heavy atom. The van der Waals surface area contributed by atoms with Gasteiger partial charge < -0.3 is 20.3 Å². The Morgan fingerprint density at radius 2 is 1.83 bits per heavy atom. The monoisotopic (exact) mass is 399 g/mol. The summed E-state index contributed by atoms with van der Waals surface area (Å²) in [5.74, 6) is -4.94. The van der Waals surface area contributed by atoms with E-state index in [9.17, 15) is 29.0 Å². The van der Waals surface area contributed by atoms with Crippen molar-refractivity contribution in [3.63, 3.8) is 0 Å². The first-order valence-electron chi connectivity index (χ1n) is 8.76. The highest BCUT2D eigenvalue weighted by atomic mass is 19.1. The van der Waals surface area contributed by atoms with Crippen LogP contribution >= 0.6 is 0 Å². The van der Waals surface area contributed by atoms with Crippen molar-refractivity contribution in [1.82, 2.24) is 0 Å². The van der Waals surface area contributed by atoms with Crippen LogP contribution in [-0.4, -0.2) is 35.2 Å². The number of carboxylic acids is 2. The van der Waals surface area contributed by atoms with E-state index in [1.54, 1.807) is 30.3 Å². The van der Waals surface area contributed by atoms with E-state index in [0.717, 1.165) is 0 Å². The maximum atomic E-state index is 14.6. The number of aliphatic carboxylic acids is 2. The van der Waals surface area contributed by atoms with E-state index < -0.39 is 29.6 Å². The van der Waals surface area contributed by atoms with E-state index in [1.165, 1.54) is 19.2 Å². The van der Waals surface area contributed by atoms with Crippen molar-refractivity contribution in [3.8, 4) is 16.9 Å². The average molecular weight is 399 g/mol. The van der Waals surface area contributed by atoms with E-state index in [2.05, 4.69) is 5.32 Å². The molecule has 1 aliphatic carbocycles. The summed E-state index contributed by atoms with van der Waals surface area (Å²) >= 11 is 0. The number of anilines is 1. The van der Waals surface area contributed by atoms with Gasteiger partial charge in [0.25, 0.3) is 5.91 Å². The van der Waals surface area contributed by atoms with Gasteiger partial charge in [0.15, 0.2) is 0 Å². The molecule has 3 N–H and O–H groups in total. The third kappa shape index (κ3) is 4.11. The minimum atomic E-state index is -1.35. The van der Waals surface area contributed by atoms with Crippen LogP contribution in [0.5, 0.6) is 5.75 Å². The van der Waals surface area contributed by atoms with Gasteiger partial charge in [0.1, 0.15) is 11.6 Å². The molecule has 1 atom stereocenters. The standard InChI is InChI=1S/C21H18FNO6/c1-29-13-4-2-3-11(9-13)12-5-8-17(16(22)10-12)23-19(24)18-14(20(25)26)6-7-15(18)21(27)28/h2-5,8-10,14H,6-7H2,1H3,(H,23,24)(H,25,26)(H,27,28). The molecule has 0 fully saturated rings. The number of carboxylic acid groups (broad SMARTS) is 2. The summed E-state index contributed by atoms with van der Waals surface area (Å²) in [4.78, 5) is 35.3. The van der Waals surface area contributed by atoms with Crippen molar-refractivity contribution in [1.29, 1.82) is 0 Å². The lowest BCUT2D eigenvalue weighted by Crippen LogP contribution is -2.25. The van der Waals surface area contributed by atoms with Gasteiger partial charge >= 0.3 is 11.9 Å². The molecule has 0 radical (unpaired) electrons. The fourth-order valence-corrected chi connectivity index (χ4v) is 3.33. The molecular weight excluding hydrogens is 381 g/mol. The molecule has 2 aromatic carbocycles. The van der Waals surface area contributed by atoms with Crippen molar-refractivity contribution < 1.29 is 33.7 Å². The second-order valence-corrected chi connectivity index (χ2v) is 6.51. The maximum absolute atomic E-state index is 14.6. The van der Waals surface area contributed by atoms with E-state index >= 15 is 0 Å². The maximum Gasteiger partial charge on any atom is 0.332 e. The van der Waals surface area contributed by atoms with E-state index in [-0.39, 0.29) is 29.7 Å². The second kappa shape index (κ2) is 8.14. The SMILES string of the molecule is COc1cccc(-c2ccc(NC(=O)C3=C(C(=O)O)CCC3C(=O)O)c(F)c2)c1. The molecule has 0 aliphatic heterocycles. The molecule has 0 aromatic heterocycles. The number of amides is 1. The first kappa shape index (κ1) is 20.1. The minimum Gasteiger partial charge on any atom is -0.497 e. The summed E-state index contributed by atoms with van der Waals surface area (Å²) in [7, 11) is 1.52. The topological polar surface area (TPSA) is 113 Å². The molecule has 1 aliphatic rings. The predicted octanol–water partition coefficient (Wildman–Crippen LogP) is 3.32. The lowest BCUT2D eigenvalue weighted by molar-refractivity contribution is -0.141. The molecule has 3 rings (SSSR count). The number of carbonyl (C=O) groups excluding carboxylic acids is 1. The summed E-state index contributed by atoms with van der Waals surface area (Å²) in [6.07, 6.45) is -0.0245. The summed E-state index contributed by atoms with van der Waals surface area (Å²) in [6, 6.07) is 11.2. The number of hydrogen-bond donors (Lipinski definition) is 3. The lowest BCUT2D eigenvalue weighted by atomic mass is 9.99. The molecule has 1 amide bonds. The van der Waals surface area contributed by atoms with Crippen molar-refractivity contribution in [3.05, 3.63) is 59.4 Å². The zero-order chi connectivity index (χ0) is 21.1. The predicted molar refractivity (Wildman–Crippen MR) is 102 cm³/mol. The fourth-order valence-electron chi connectivity index (χ4n) is 3.33. The molecule has 2 aromatic rings. The molecule has 0 saturated heterocycles. The molecule has 7 nitrogen and oxygen atoms in total. The van der Waals surface area contributed by atoms with Crippen LogP contribution in [-0.2, 0) is 14.4 Å². The Kier molecular flexibility index (Phi) is 5.63. The number of methoxy groups -OCH3 is 1. The summed E-state index contributed by atoms with van der Waals surface area (Å²) in [6.45, 7) is 0. The highest BCUT2D eigenvalue weighted by molar-refractivity contribution is 6.12. The highest BCUT2D eigenvalue weighted by Gasteiger charge is 2.38. The van der Waals surface area contributed by atoms with Gasteiger partial charge in [-0.2, -0.15) is 0 Å².